The van der Waals surface area contributed by atoms with Gasteiger partial charge in [-0.2, -0.15) is 0 Å². The third-order valence-electron chi connectivity index (χ3n) is 3.30. The summed E-state index contributed by atoms with van der Waals surface area (Å²) in [6.45, 7) is 6.09. The minimum Gasteiger partial charge on any atom is -0.481 e. The Bertz CT molecular complexity index is 524. The molecule has 0 fully saturated rings. The second-order valence-electron chi connectivity index (χ2n) is 5.62. The van der Waals surface area contributed by atoms with Crippen LogP contribution in [-0.2, 0) is 11.8 Å². The topological polar surface area (TPSA) is 110 Å². The number of carbonyl (C=O) groups is 1. The highest BCUT2D eigenvalue weighted by Gasteiger charge is 2.24. The van der Waals surface area contributed by atoms with Crippen LogP contribution in [0.15, 0.2) is 0 Å². The van der Waals surface area contributed by atoms with E-state index in [-0.39, 0.29) is 18.2 Å². The van der Waals surface area contributed by atoms with Crippen molar-refractivity contribution in [1.82, 2.24) is 9.55 Å². The second-order valence-corrected chi connectivity index (χ2v) is 5.62. The standard InChI is InChI=1S/C13H22N4O4/c1-8(2)5-10(6-11(18)19)7-14-12-13(17(20)21)15-9(3)16(12)4/h8,10,14H,5-7H2,1-4H3,(H,18,19). The normalized spacial score (nSPS) is 12.4. The Kier molecular flexibility index (Phi) is 5.69. The molecule has 0 aliphatic heterocycles. The third kappa shape index (κ3) is 4.73. The predicted octanol–water partition coefficient (Wildman–Crippen LogP) is 2.19. The fourth-order valence-electron chi connectivity index (χ4n) is 2.31. The van der Waals surface area contributed by atoms with Gasteiger partial charge in [0.1, 0.15) is 0 Å². The number of carboxylic acids is 1. The molecule has 0 saturated heterocycles. The van der Waals surface area contributed by atoms with E-state index in [1.807, 2.05) is 13.8 Å². The zero-order valence-electron chi connectivity index (χ0n) is 12.8. The Morgan fingerprint density at radius 1 is 1.52 bits per heavy atom. The van der Waals surface area contributed by atoms with E-state index in [4.69, 9.17) is 5.11 Å². The lowest BCUT2D eigenvalue weighted by molar-refractivity contribution is -0.388. The number of hydrogen-bond donors (Lipinski definition) is 2. The van der Waals surface area contributed by atoms with E-state index in [1.54, 1.807) is 18.5 Å². The Balaban J connectivity index is 2.84. The first-order valence-corrected chi connectivity index (χ1v) is 6.85. The lowest BCUT2D eigenvalue weighted by Crippen LogP contribution is -2.21. The Labute approximate surface area is 123 Å². The molecule has 0 aliphatic carbocycles. The van der Waals surface area contributed by atoms with Gasteiger partial charge in [-0.1, -0.05) is 13.8 Å². The van der Waals surface area contributed by atoms with Gasteiger partial charge in [-0.25, -0.2) is 0 Å². The molecule has 0 amide bonds. The van der Waals surface area contributed by atoms with Crippen LogP contribution in [0.4, 0.5) is 11.6 Å². The summed E-state index contributed by atoms with van der Waals surface area (Å²) in [5, 5.41) is 22.9. The van der Waals surface area contributed by atoms with Crippen LogP contribution < -0.4 is 5.32 Å². The molecule has 1 heterocycles. The molecule has 0 spiro atoms. The first kappa shape index (κ1) is 16.9. The van der Waals surface area contributed by atoms with Crippen LogP contribution in [0, 0.1) is 28.9 Å². The van der Waals surface area contributed by atoms with Crippen LogP contribution in [0.25, 0.3) is 0 Å². The molecule has 0 aliphatic rings. The molecule has 0 aromatic carbocycles. The van der Waals surface area contributed by atoms with Gasteiger partial charge in [0.15, 0.2) is 0 Å². The van der Waals surface area contributed by atoms with Crippen molar-refractivity contribution < 1.29 is 14.8 Å². The van der Waals surface area contributed by atoms with Crippen LogP contribution in [0.2, 0.25) is 0 Å². The molecule has 0 radical (unpaired) electrons. The van der Waals surface area contributed by atoms with Gasteiger partial charge in [-0.3, -0.25) is 9.36 Å². The first-order valence-electron chi connectivity index (χ1n) is 6.85. The van der Waals surface area contributed by atoms with Gasteiger partial charge in [-0.15, -0.1) is 0 Å². The smallest absolute Gasteiger partial charge is 0.406 e. The minimum atomic E-state index is -0.863. The summed E-state index contributed by atoms with van der Waals surface area (Å²) in [5.41, 5.74) is 0. The van der Waals surface area contributed by atoms with Crippen molar-refractivity contribution >= 4 is 17.6 Å². The monoisotopic (exact) mass is 298 g/mol. The molecular weight excluding hydrogens is 276 g/mol. The molecule has 8 heteroatoms. The second kappa shape index (κ2) is 7.05. The van der Waals surface area contributed by atoms with Gasteiger partial charge in [0.05, 0.1) is 0 Å². The molecule has 2 N–H and O–H groups in total. The van der Waals surface area contributed by atoms with Gasteiger partial charge >= 0.3 is 11.8 Å². The van der Waals surface area contributed by atoms with E-state index >= 15 is 0 Å². The number of nitrogens with zero attached hydrogens (tertiary/aromatic N) is 3. The van der Waals surface area contributed by atoms with Crippen molar-refractivity contribution in [2.24, 2.45) is 18.9 Å². The number of aliphatic carboxylic acids is 1. The SMILES string of the molecule is Cc1nc([N+](=O)[O-])c(NCC(CC(=O)O)CC(C)C)n1C. The largest absolute Gasteiger partial charge is 0.481 e. The van der Waals surface area contributed by atoms with Crippen LogP contribution >= 0.6 is 0 Å². The Hall–Kier alpha value is -2.12. The number of anilines is 1. The summed E-state index contributed by atoms with van der Waals surface area (Å²) in [6, 6.07) is 0. The molecule has 1 aromatic heterocycles. The highest BCUT2D eigenvalue weighted by atomic mass is 16.6. The van der Waals surface area contributed by atoms with Crippen molar-refractivity contribution in [2.45, 2.75) is 33.6 Å². The van der Waals surface area contributed by atoms with Crippen molar-refractivity contribution in [2.75, 3.05) is 11.9 Å². The van der Waals surface area contributed by atoms with E-state index in [1.165, 1.54) is 0 Å². The van der Waals surface area contributed by atoms with Gasteiger partial charge in [0, 0.05) is 26.9 Å². The average molecular weight is 298 g/mol. The number of aryl methyl sites for hydroxylation is 1. The number of carboxylic acid groups (broad SMARTS) is 1. The average Bonchev–Trinajstić information content (AvgIpc) is 2.62. The lowest BCUT2D eigenvalue weighted by Gasteiger charge is -2.18. The predicted molar refractivity (Wildman–Crippen MR) is 78.3 cm³/mol. The molecule has 1 rings (SSSR count). The zero-order chi connectivity index (χ0) is 16.2. The van der Waals surface area contributed by atoms with Crippen molar-refractivity contribution in [3.8, 4) is 0 Å². The number of nitrogens with one attached hydrogen (secondary N) is 1. The molecule has 1 aromatic rings. The van der Waals surface area contributed by atoms with E-state index in [0.717, 1.165) is 6.42 Å². The number of nitro groups is 1. The maximum absolute atomic E-state index is 11.0. The van der Waals surface area contributed by atoms with Crippen LogP contribution in [0.1, 0.15) is 32.5 Å². The van der Waals surface area contributed by atoms with E-state index in [9.17, 15) is 14.9 Å². The number of aromatic nitrogens is 2. The van der Waals surface area contributed by atoms with Crippen molar-refractivity contribution in [1.29, 1.82) is 0 Å². The molecule has 0 bridgehead atoms. The molecule has 0 saturated carbocycles. The third-order valence-corrected chi connectivity index (χ3v) is 3.30. The minimum absolute atomic E-state index is 0.0375. The van der Waals surface area contributed by atoms with Crippen LogP contribution in [-0.4, -0.2) is 32.1 Å². The van der Waals surface area contributed by atoms with E-state index < -0.39 is 10.9 Å². The quantitative estimate of drug-likeness (QED) is 0.562. The molecule has 118 valence electrons. The van der Waals surface area contributed by atoms with Crippen LogP contribution in [0.5, 0.6) is 0 Å². The van der Waals surface area contributed by atoms with Crippen molar-refractivity contribution in [3.05, 3.63) is 15.9 Å². The van der Waals surface area contributed by atoms with Gasteiger partial charge < -0.3 is 20.5 Å². The summed E-state index contributed by atoms with van der Waals surface area (Å²) in [4.78, 5) is 25.2. The van der Waals surface area contributed by atoms with Gasteiger partial charge in [0.2, 0.25) is 11.6 Å². The highest BCUT2D eigenvalue weighted by molar-refractivity contribution is 5.67. The summed E-state index contributed by atoms with van der Waals surface area (Å²) in [6.07, 6.45) is 0.778. The molecule has 1 unspecified atom stereocenters. The Morgan fingerprint density at radius 2 is 2.14 bits per heavy atom. The highest BCUT2D eigenvalue weighted by Crippen LogP contribution is 2.25. The molecule has 8 nitrogen and oxygen atoms in total. The lowest BCUT2D eigenvalue weighted by atomic mass is 9.94. The van der Waals surface area contributed by atoms with E-state index in [0.29, 0.717) is 24.1 Å². The molecule has 21 heavy (non-hydrogen) atoms. The summed E-state index contributed by atoms with van der Waals surface area (Å²) in [5.74, 6) is 0.0305. The number of rotatable bonds is 8. The number of imidazole rings is 1. The summed E-state index contributed by atoms with van der Waals surface area (Å²) in [7, 11) is 1.69. The van der Waals surface area contributed by atoms with E-state index in [2.05, 4.69) is 10.3 Å². The maximum Gasteiger partial charge on any atom is 0.406 e. The Morgan fingerprint density at radius 3 is 2.62 bits per heavy atom. The maximum atomic E-state index is 11.0. The molecule has 1 atom stereocenters. The molecular formula is C13H22N4O4. The van der Waals surface area contributed by atoms with Crippen molar-refractivity contribution in [3.63, 3.8) is 0 Å². The summed E-state index contributed by atoms with van der Waals surface area (Å²) < 4.78 is 1.60. The zero-order valence-corrected chi connectivity index (χ0v) is 12.8. The van der Waals surface area contributed by atoms with Crippen LogP contribution in [0.3, 0.4) is 0 Å². The fraction of sp³-hybridized carbons (Fsp3) is 0.692. The van der Waals surface area contributed by atoms with Gasteiger partial charge in [0.25, 0.3) is 0 Å². The fourth-order valence-corrected chi connectivity index (χ4v) is 2.31. The number of hydrogen-bond acceptors (Lipinski definition) is 5. The summed E-state index contributed by atoms with van der Waals surface area (Å²) >= 11 is 0. The van der Waals surface area contributed by atoms with Gasteiger partial charge in [-0.05, 0) is 28.2 Å². The first-order chi connectivity index (χ1) is 9.72.